The molecule has 0 atom stereocenters. The summed E-state index contributed by atoms with van der Waals surface area (Å²) < 4.78 is 4.70. The van der Waals surface area contributed by atoms with E-state index in [4.69, 9.17) is 4.74 Å². The molecular formula is C6H10O2. The van der Waals surface area contributed by atoms with E-state index in [-0.39, 0.29) is 5.78 Å². The Morgan fingerprint density at radius 1 is 1.50 bits per heavy atom. The first-order valence-corrected chi connectivity index (χ1v) is 2.39. The maximum atomic E-state index is 10.3. The van der Waals surface area contributed by atoms with E-state index in [1.54, 1.807) is 6.92 Å². The molecule has 0 unspecified atom stereocenters. The van der Waals surface area contributed by atoms with Crippen LogP contribution in [-0.4, -0.2) is 12.9 Å². The van der Waals surface area contributed by atoms with Gasteiger partial charge in [-0.25, -0.2) is 0 Å². The van der Waals surface area contributed by atoms with Gasteiger partial charge in [0.25, 0.3) is 0 Å². The Morgan fingerprint density at radius 3 is 2.12 bits per heavy atom. The van der Waals surface area contributed by atoms with Crippen LogP contribution in [0, 0.1) is 0 Å². The molecule has 0 aromatic rings. The van der Waals surface area contributed by atoms with Gasteiger partial charge in [-0.3, -0.25) is 4.79 Å². The van der Waals surface area contributed by atoms with E-state index < -0.39 is 0 Å². The van der Waals surface area contributed by atoms with E-state index in [1.165, 1.54) is 20.1 Å². The lowest BCUT2D eigenvalue weighted by Crippen LogP contribution is -1.86. The smallest absolute Gasteiger partial charge is 0.155 e. The minimum atomic E-state index is 0.0179. The number of carbonyl (C=O) groups excluding carboxylic acids is 1. The molecule has 0 bridgehead atoms. The normalized spacial score (nSPS) is 11.1. The quantitative estimate of drug-likeness (QED) is 0.397. The molecule has 0 amide bonds. The third-order valence-electron chi connectivity index (χ3n) is 0.729. The van der Waals surface area contributed by atoms with Gasteiger partial charge in [-0.15, -0.1) is 0 Å². The highest BCUT2D eigenvalue weighted by molar-refractivity contribution is 5.87. The van der Waals surface area contributed by atoms with Crippen molar-refractivity contribution in [1.29, 1.82) is 0 Å². The first kappa shape index (κ1) is 7.21. The molecule has 2 heteroatoms. The number of hydrogen-bond acceptors (Lipinski definition) is 2. The summed E-state index contributed by atoms with van der Waals surface area (Å²) in [4.78, 5) is 10.3. The summed E-state index contributed by atoms with van der Waals surface area (Å²) in [6.07, 6.45) is 1.44. The van der Waals surface area contributed by atoms with Crippen molar-refractivity contribution in [3.63, 3.8) is 0 Å². The highest BCUT2D eigenvalue weighted by atomic mass is 16.5. The fourth-order valence-corrected chi connectivity index (χ4v) is 0.345. The average Bonchev–Trinajstić information content (AvgIpc) is 1.65. The van der Waals surface area contributed by atoms with E-state index in [9.17, 15) is 4.79 Å². The molecule has 0 heterocycles. The predicted octanol–water partition coefficient (Wildman–Crippen LogP) is 1.13. The van der Waals surface area contributed by atoms with Crippen molar-refractivity contribution in [3.8, 4) is 0 Å². The Labute approximate surface area is 49.1 Å². The van der Waals surface area contributed by atoms with Crippen molar-refractivity contribution in [1.82, 2.24) is 0 Å². The second-order valence-electron chi connectivity index (χ2n) is 1.57. The Kier molecular flexibility index (Phi) is 2.92. The number of ether oxygens (including phenoxy) is 1. The molecule has 2 nitrogen and oxygen atoms in total. The van der Waals surface area contributed by atoms with E-state index in [2.05, 4.69) is 0 Å². The number of ketones is 1. The van der Waals surface area contributed by atoms with Gasteiger partial charge in [-0.2, -0.15) is 0 Å². The van der Waals surface area contributed by atoms with Crippen LogP contribution >= 0.6 is 0 Å². The summed E-state index contributed by atoms with van der Waals surface area (Å²) in [5.41, 5.74) is 0. The summed E-state index contributed by atoms with van der Waals surface area (Å²) in [6, 6.07) is 0. The first-order chi connectivity index (χ1) is 3.66. The lowest BCUT2D eigenvalue weighted by Gasteiger charge is -1.93. The van der Waals surface area contributed by atoms with Gasteiger partial charge < -0.3 is 4.74 Å². The Morgan fingerprint density at radius 2 is 2.00 bits per heavy atom. The number of hydrogen-bond donors (Lipinski definition) is 0. The number of carbonyl (C=O) groups is 1. The maximum Gasteiger partial charge on any atom is 0.155 e. The molecule has 0 spiro atoms. The maximum absolute atomic E-state index is 10.3. The van der Waals surface area contributed by atoms with Gasteiger partial charge in [0.2, 0.25) is 0 Å². The van der Waals surface area contributed by atoms with Crippen molar-refractivity contribution in [2.75, 3.05) is 7.11 Å². The summed E-state index contributed by atoms with van der Waals surface area (Å²) in [5, 5.41) is 0. The van der Waals surface area contributed by atoms with Crippen LogP contribution in [-0.2, 0) is 9.53 Å². The van der Waals surface area contributed by atoms with Crippen molar-refractivity contribution >= 4 is 5.78 Å². The zero-order valence-electron chi connectivity index (χ0n) is 5.39. The molecule has 0 saturated carbocycles. The van der Waals surface area contributed by atoms with Crippen LogP contribution in [0.3, 0.4) is 0 Å². The van der Waals surface area contributed by atoms with Crippen molar-refractivity contribution in [2.24, 2.45) is 0 Å². The SMILES string of the molecule is CO/C(C)=C\C(C)=O. The molecule has 0 saturated heterocycles. The van der Waals surface area contributed by atoms with Gasteiger partial charge in [-0.05, 0) is 13.8 Å². The summed E-state index contributed by atoms with van der Waals surface area (Å²) >= 11 is 0. The van der Waals surface area contributed by atoms with Crippen molar-refractivity contribution in [2.45, 2.75) is 13.8 Å². The molecule has 0 aromatic carbocycles. The number of rotatable bonds is 2. The Hall–Kier alpha value is -0.790. The van der Waals surface area contributed by atoms with Crippen LogP contribution in [0.5, 0.6) is 0 Å². The molecular weight excluding hydrogens is 104 g/mol. The molecule has 0 radical (unpaired) electrons. The van der Waals surface area contributed by atoms with Gasteiger partial charge in [0.05, 0.1) is 12.9 Å². The van der Waals surface area contributed by atoms with Crippen molar-refractivity contribution in [3.05, 3.63) is 11.8 Å². The molecule has 0 N–H and O–H groups in total. The van der Waals surface area contributed by atoms with Crippen LogP contribution < -0.4 is 0 Å². The van der Waals surface area contributed by atoms with Gasteiger partial charge >= 0.3 is 0 Å². The highest BCUT2D eigenvalue weighted by Gasteiger charge is 1.86. The van der Waals surface area contributed by atoms with Crippen LogP contribution in [0.2, 0.25) is 0 Å². The lowest BCUT2D eigenvalue weighted by molar-refractivity contribution is -0.112. The highest BCUT2D eigenvalue weighted by Crippen LogP contribution is 1.90. The number of allylic oxidation sites excluding steroid dienone is 2. The van der Waals surface area contributed by atoms with Crippen LogP contribution in [0.15, 0.2) is 11.8 Å². The second-order valence-corrected chi connectivity index (χ2v) is 1.57. The molecule has 0 rings (SSSR count). The van der Waals surface area contributed by atoms with E-state index in [0.717, 1.165) is 0 Å². The Balaban J connectivity index is 3.75. The molecule has 0 aliphatic heterocycles. The lowest BCUT2D eigenvalue weighted by atomic mass is 10.4. The molecule has 46 valence electrons. The number of methoxy groups -OCH3 is 1. The third-order valence-corrected chi connectivity index (χ3v) is 0.729. The van der Waals surface area contributed by atoms with Gasteiger partial charge in [0.15, 0.2) is 5.78 Å². The zero-order valence-corrected chi connectivity index (χ0v) is 5.39. The third kappa shape index (κ3) is 3.40. The predicted molar refractivity (Wildman–Crippen MR) is 31.4 cm³/mol. The minimum Gasteiger partial charge on any atom is -0.501 e. The van der Waals surface area contributed by atoms with E-state index >= 15 is 0 Å². The van der Waals surface area contributed by atoms with E-state index in [1.807, 2.05) is 0 Å². The molecule has 8 heavy (non-hydrogen) atoms. The van der Waals surface area contributed by atoms with Gasteiger partial charge in [0, 0.05) is 6.08 Å². The largest absolute Gasteiger partial charge is 0.501 e. The minimum absolute atomic E-state index is 0.0179. The van der Waals surface area contributed by atoms with Crippen LogP contribution in [0.1, 0.15) is 13.8 Å². The van der Waals surface area contributed by atoms with Crippen LogP contribution in [0.25, 0.3) is 0 Å². The second kappa shape index (κ2) is 3.24. The monoisotopic (exact) mass is 114 g/mol. The first-order valence-electron chi connectivity index (χ1n) is 2.39. The standard InChI is InChI=1S/C6H10O2/c1-5(7)4-6(2)8-3/h4H,1-3H3/b6-4-. The molecule has 0 aliphatic carbocycles. The molecule has 0 aliphatic rings. The summed E-state index contributed by atoms with van der Waals surface area (Å²) in [7, 11) is 1.54. The fourth-order valence-electron chi connectivity index (χ4n) is 0.345. The molecule has 0 fully saturated rings. The zero-order chi connectivity index (χ0) is 6.57. The Bertz CT molecular complexity index is 114. The summed E-state index contributed by atoms with van der Waals surface area (Å²) in [6.45, 7) is 3.23. The topological polar surface area (TPSA) is 26.3 Å². The van der Waals surface area contributed by atoms with Gasteiger partial charge in [0.1, 0.15) is 0 Å². The van der Waals surface area contributed by atoms with E-state index in [0.29, 0.717) is 5.76 Å². The molecule has 0 aromatic heterocycles. The van der Waals surface area contributed by atoms with Crippen LogP contribution in [0.4, 0.5) is 0 Å². The summed E-state index contributed by atoms with van der Waals surface area (Å²) in [5.74, 6) is 0.668. The fraction of sp³-hybridized carbons (Fsp3) is 0.500. The van der Waals surface area contributed by atoms with Gasteiger partial charge in [-0.1, -0.05) is 0 Å². The van der Waals surface area contributed by atoms with Crippen molar-refractivity contribution < 1.29 is 9.53 Å². The average molecular weight is 114 g/mol.